The molecule has 0 atom stereocenters. The van der Waals surface area contributed by atoms with Gasteiger partial charge in [0.1, 0.15) is 0 Å². The molecule has 0 aromatic carbocycles. The van der Waals surface area contributed by atoms with E-state index in [4.69, 9.17) is 4.12 Å². The van der Waals surface area contributed by atoms with Crippen LogP contribution in [0.25, 0.3) is 0 Å². The monoisotopic (exact) mass is 764 g/mol. The van der Waals surface area contributed by atoms with Gasteiger partial charge in [-0.2, -0.15) is 0 Å². The second-order valence-electron chi connectivity index (χ2n) is 8.16. The highest BCUT2D eigenvalue weighted by molar-refractivity contribution is 7.80. The van der Waals surface area contributed by atoms with Gasteiger partial charge in [0.25, 0.3) is 0 Å². The molecule has 0 aliphatic heterocycles. The van der Waals surface area contributed by atoms with E-state index in [0.29, 0.717) is 0 Å². The zero-order valence-electron chi connectivity index (χ0n) is 19.2. The lowest BCUT2D eigenvalue weighted by Gasteiger charge is -2.28. The molecule has 0 rings (SSSR count). The van der Waals surface area contributed by atoms with Gasteiger partial charge in [-0.05, 0) is 32.7 Å². The highest BCUT2D eigenvalue weighted by atomic mass is 30.1. The summed E-state index contributed by atoms with van der Waals surface area (Å²) < 4.78 is 175. The van der Waals surface area contributed by atoms with Crippen molar-refractivity contribution < 1.29 is 66.6 Å². The Morgan fingerprint density at radius 1 is 0.444 bits per heavy atom. The fraction of sp³-hybridized carbons (Fsp3) is 1.00. The van der Waals surface area contributed by atoms with Gasteiger partial charge in [-0.3, -0.25) is 0 Å². The summed E-state index contributed by atoms with van der Waals surface area (Å²) in [6.45, 7) is 8.24. The van der Waals surface area contributed by atoms with Crippen LogP contribution in [0.5, 0.6) is 0 Å². The van der Waals surface area contributed by atoms with Crippen LogP contribution in [0, 0.1) is 0 Å². The fourth-order valence-corrected chi connectivity index (χ4v) is 168. The van der Waals surface area contributed by atoms with Crippen molar-refractivity contribution in [2.24, 2.45) is 0 Å². The van der Waals surface area contributed by atoms with Crippen molar-refractivity contribution in [2.45, 2.75) is 32.7 Å². The molecule has 0 amide bonds. The first kappa shape index (κ1) is 36.6. The number of hydrogen-bond donors (Lipinski definition) is 0. The Bertz CT molecular complexity index is 1220. The predicted molar refractivity (Wildman–Crippen MR) is 133 cm³/mol. The van der Waals surface area contributed by atoms with Gasteiger partial charge in [-0.1, -0.05) is 0 Å². The van der Waals surface area contributed by atoms with Crippen LogP contribution in [0.3, 0.4) is 0 Å². The normalized spacial score (nSPS) is 10.9. The second-order valence-corrected chi connectivity index (χ2v) is 84.9. The minimum Gasteiger partial charge on any atom is -0.453 e. The molecule has 0 aromatic heterocycles. The zero-order chi connectivity index (χ0) is 28.9. The van der Waals surface area contributed by atoms with Crippen LogP contribution in [0.15, 0.2) is 0 Å². The van der Waals surface area contributed by atoms with Crippen molar-refractivity contribution in [3.63, 3.8) is 0 Å². The highest BCUT2D eigenvalue weighted by Gasteiger charge is 2.55. The largest absolute Gasteiger partial charge is 0.453 e. The first-order chi connectivity index (χ1) is 16.1. The maximum absolute atomic E-state index is 12.7. The smallest absolute Gasteiger partial charge is 0.381 e. The third-order valence-electron chi connectivity index (χ3n) is 3.71. The van der Waals surface area contributed by atoms with Crippen molar-refractivity contribution in [3.05, 3.63) is 0 Å². The fourth-order valence-electron chi connectivity index (χ4n) is 2.28. The molecule has 31 heteroatoms. The van der Waals surface area contributed by atoms with Gasteiger partial charge < -0.3 is 66.6 Å². The van der Waals surface area contributed by atoms with E-state index in [0.717, 1.165) is 0 Å². The second kappa shape index (κ2) is 14.9. The average molecular weight is 766 g/mol. The topological polar surface area (TPSA) is 248 Å². The van der Waals surface area contributed by atoms with Crippen molar-refractivity contribution in [1.82, 2.24) is 0 Å². The van der Waals surface area contributed by atoms with Crippen LogP contribution >= 0.6 is 0 Å². The third-order valence-corrected chi connectivity index (χ3v) is 118. The van der Waals surface area contributed by atoms with E-state index in [2.05, 4.69) is 0 Å². The van der Waals surface area contributed by atoms with E-state index in [1.165, 1.54) is 13.1 Å². The van der Waals surface area contributed by atoms with Crippen LogP contribution in [0.4, 0.5) is 0 Å². The van der Waals surface area contributed by atoms with Gasteiger partial charge in [-0.25, -0.2) is 0 Å². The van der Waals surface area contributed by atoms with Crippen molar-refractivity contribution in [1.29, 1.82) is 0 Å². The maximum Gasteiger partial charge on any atom is 0.381 e. The van der Waals surface area contributed by atoms with Gasteiger partial charge in [0.05, 0.1) is 0 Å². The zero-order valence-corrected chi connectivity index (χ0v) is 35.4. The lowest BCUT2D eigenvalue weighted by atomic mass is 11.8. The van der Waals surface area contributed by atoms with E-state index >= 15 is 0 Å². The van der Waals surface area contributed by atoms with Gasteiger partial charge in [0, 0.05) is 0 Å². The van der Waals surface area contributed by atoms with Crippen LogP contribution in [-0.2, 0) is 66.6 Å². The Kier molecular flexibility index (Phi) is 15.1. The van der Waals surface area contributed by atoms with E-state index in [1.807, 2.05) is 0 Å². The van der Waals surface area contributed by atoms with E-state index in [-0.39, 0.29) is 0 Å². The van der Waals surface area contributed by atoms with Crippen molar-refractivity contribution in [3.8, 4) is 0 Å². The number of rotatable bonds is 16. The summed E-state index contributed by atoms with van der Waals surface area (Å²) in [5.74, 6) is 0. The molecule has 0 N–H and O–H groups in total. The molecule has 15 nitrogen and oxygen atoms in total. The first-order valence-corrected chi connectivity index (χ1v) is 49.2. The lowest BCUT2D eigenvalue weighted by Crippen LogP contribution is -2.59. The summed E-state index contributed by atoms with van der Waals surface area (Å²) in [6.07, 6.45) is 0. The minimum atomic E-state index is -4.12. The Morgan fingerprint density at radius 2 is 0.694 bits per heavy atom. The molecule has 0 unspecified atom stereocenters. The molecule has 0 aromatic rings. The molecular formula is C5H16O15Si16. The van der Waals surface area contributed by atoms with Gasteiger partial charge in [-0.15, -0.1) is 0 Å². The third kappa shape index (κ3) is 9.98. The summed E-state index contributed by atoms with van der Waals surface area (Å²) in [5, 5.41) is 0. The predicted octanol–water partition coefficient (Wildman–Crippen LogP) is -5.17. The average Bonchev–Trinajstić information content (AvgIpc) is 2.80. The number of hydrogen-bond acceptors (Lipinski definition) is 15. The molecule has 0 heterocycles. The summed E-state index contributed by atoms with van der Waals surface area (Å²) in [4.78, 5) is 0. The standard InChI is InChI=1S/C5H16O15Si16/c1-35(2,3)20-36(4,5)34(19)33(18)32(17)31(16)30(15)29(14)28(13)27(12)26(11)25(10)24(9)23(8)22(7)21-6/h21H,1-5H3. The Morgan fingerprint density at radius 3 is 0.944 bits per heavy atom. The molecule has 0 radical (unpaired) electrons. The maximum atomic E-state index is 12.7. The molecule has 0 fully saturated rings. The Balaban J connectivity index is 5.64. The molecule has 0 saturated heterocycles. The van der Waals surface area contributed by atoms with Gasteiger partial charge >= 0.3 is 109 Å². The van der Waals surface area contributed by atoms with E-state index < -0.39 is 125 Å². The molecular weight excluding hydrogens is 749 g/mol. The molecule has 0 aliphatic carbocycles. The summed E-state index contributed by atoms with van der Waals surface area (Å²) in [5.41, 5.74) is 0. The van der Waals surface area contributed by atoms with Crippen molar-refractivity contribution in [2.75, 3.05) is 0 Å². The van der Waals surface area contributed by atoms with Gasteiger partial charge in [0.15, 0.2) is 8.32 Å². The molecule has 0 aliphatic rings. The molecule has 36 heavy (non-hydrogen) atoms. The van der Waals surface area contributed by atoms with Crippen molar-refractivity contribution >= 4 is 125 Å². The Labute approximate surface area is 223 Å². The quantitative estimate of drug-likeness (QED) is 0.133. The molecule has 0 bridgehead atoms. The van der Waals surface area contributed by atoms with Gasteiger partial charge in [0.2, 0.25) is 7.83 Å². The minimum absolute atomic E-state index is 1.47. The Hall–Kier alpha value is 0.630. The van der Waals surface area contributed by atoms with Crippen LogP contribution in [0.2, 0.25) is 32.7 Å². The van der Waals surface area contributed by atoms with E-state index in [9.17, 15) is 62.5 Å². The van der Waals surface area contributed by atoms with Crippen LogP contribution in [0.1, 0.15) is 0 Å². The molecule has 190 valence electrons. The summed E-state index contributed by atoms with van der Waals surface area (Å²) >= 11 is 0. The van der Waals surface area contributed by atoms with Crippen LogP contribution < -0.4 is 0 Å². The lowest BCUT2D eigenvalue weighted by molar-refractivity contribution is 0.531. The summed E-state index contributed by atoms with van der Waals surface area (Å²) in [6, 6.07) is 0. The summed E-state index contributed by atoms with van der Waals surface area (Å²) in [7, 11) is -57.4. The first-order valence-electron chi connectivity index (χ1n) is 9.34. The highest BCUT2D eigenvalue weighted by Crippen LogP contribution is 2.14. The van der Waals surface area contributed by atoms with E-state index in [1.54, 1.807) is 19.6 Å². The van der Waals surface area contributed by atoms with Crippen LogP contribution in [-0.4, -0.2) is 125 Å². The molecule has 0 saturated carbocycles. The molecule has 0 spiro atoms. The SMILES string of the molecule is C[Si](C)(C)O[Si](C)(C)[Si](=O)[Si](=O)[Si](=O)[Si](=O)[Si](=O)[Si](=O)[Si](=O)[Si](=O)[Si](=O)[Si](=O)[Si](=O)[Si](=O)[Si](=O)[SiH]=O.